The highest BCUT2D eigenvalue weighted by atomic mass is 32.2. The standard InChI is InChI=1S/C18H18N4O3S2/c23-18(20-11-13-3-6-19-7-4-13)15-10-16(17-2-1-8-26-17)22(21-15)14-5-9-27(24,25)12-14/h1-4,6-8,10,14H,5,9,11-12H2,(H,20,23)/t14-/m1/s1. The molecule has 140 valence electrons. The van der Waals surface area contributed by atoms with Crippen LogP contribution in [0.5, 0.6) is 0 Å². The molecule has 4 heterocycles. The molecule has 0 unspecified atom stereocenters. The lowest BCUT2D eigenvalue weighted by Gasteiger charge is -2.12. The molecule has 0 radical (unpaired) electrons. The van der Waals surface area contributed by atoms with Gasteiger partial charge in [0.25, 0.3) is 5.91 Å². The van der Waals surface area contributed by atoms with Crippen LogP contribution in [0.2, 0.25) is 0 Å². The third-order valence-electron chi connectivity index (χ3n) is 4.50. The van der Waals surface area contributed by atoms with Crippen molar-refractivity contribution < 1.29 is 13.2 Å². The molecule has 1 atom stereocenters. The van der Waals surface area contributed by atoms with E-state index in [9.17, 15) is 13.2 Å². The number of sulfone groups is 1. The molecule has 0 aromatic carbocycles. The fourth-order valence-electron chi connectivity index (χ4n) is 3.13. The maximum absolute atomic E-state index is 12.6. The summed E-state index contributed by atoms with van der Waals surface area (Å²) in [5, 5.41) is 9.26. The summed E-state index contributed by atoms with van der Waals surface area (Å²) in [6.07, 6.45) is 3.86. The smallest absolute Gasteiger partial charge is 0.272 e. The van der Waals surface area contributed by atoms with E-state index in [0.29, 0.717) is 13.0 Å². The van der Waals surface area contributed by atoms with Gasteiger partial charge in [-0.25, -0.2) is 8.42 Å². The van der Waals surface area contributed by atoms with E-state index in [2.05, 4.69) is 15.4 Å². The average Bonchev–Trinajstić information content (AvgIpc) is 3.39. The Morgan fingerprint density at radius 3 is 2.78 bits per heavy atom. The number of nitrogens with one attached hydrogen (secondary N) is 1. The molecule has 1 amide bonds. The molecular weight excluding hydrogens is 384 g/mol. The third kappa shape index (κ3) is 3.93. The van der Waals surface area contributed by atoms with Crippen LogP contribution in [0, 0.1) is 0 Å². The van der Waals surface area contributed by atoms with Crippen molar-refractivity contribution in [3.8, 4) is 10.6 Å². The molecule has 27 heavy (non-hydrogen) atoms. The Labute approximate surface area is 161 Å². The molecule has 3 aromatic heterocycles. The number of carbonyl (C=O) groups is 1. The first-order chi connectivity index (χ1) is 13.0. The molecule has 7 nitrogen and oxygen atoms in total. The maximum Gasteiger partial charge on any atom is 0.272 e. The van der Waals surface area contributed by atoms with Crippen LogP contribution in [0.25, 0.3) is 10.6 Å². The summed E-state index contributed by atoms with van der Waals surface area (Å²) in [4.78, 5) is 17.5. The molecule has 1 aliphatic rings. The number of carbonyl (C=O) groups excluding carboxylic acids is 1. The zero-order chi connectivity index (χ0) is 18.9. The molecule has 1 fully saturated rings. The van der Waals surface area contributed by atoms with Gasteiger partial charge < -0.3 is 5.32 Å². The van der Waals surface area contributed by atoms with Crippen LogP contribution in [-0.4, -0.2) is 40.6 Å². The minimum atomic E-state index is -3.05. The summed E-state index contributed by atoms with van der Waals surface area (Å²) in [6, 6.07) is 9.03. The second-order valence-electron chi connectivity index (χ2n) is 6.43. The number of rotatable bonds is 5. The van der Waals surface area contributed by atoms with Crippen molar-refractivity contribution in [2.45, 2.75) is 19.0 Å². The molecule has 0 bridgehead atoms. The van der Waals surface area contributed by atoms with Gasteiger partial charge in [0.15, 0.2) is 15.5 Å². The largest absolute Gasteiger partial charge is 0.347 e. The fourth-order valence-corrected chi connectivity index (χ4v) is 5.56. The first-order valence-electron chi connectivity index (χ1n) is 8.53. The van der Waals surface area contributed by atoms with E-state index in [4.69, 9.17) is 0 Å². The van der Waals surface area contributed by atoms with Crippen LogP contribution in [0.1, 0.15) is 28.5 Å². The van der Waals surface area contributed by atoms with Crippen LogP contribution in [-0.2, 0) is 16.4 Å². The Morgan fingerprint density at radius 1 is 1.30 bits per heavy atom. The van der Waals surface area contributed by atoms with Gasteiger partial charge in [-0.05, 0) is 41.6 Å². The van der Waals surface area contributed by atoms with Crippen molar-refractivity contribution in [2.75, 3.05) is 11.5 Å². The lowest BCUT2D eigenvalue weighted by Crippen LogP contribution is -2.24. The Bertz CT molecular complexity index is 1040. The van der Waals surface area contributed by atoms with E-state index >= 15 is 0 Å². The normalized spacial score (nSPS) is 18.4. The minimum Gasteiger partial charge on any atom is -0.347 e. The van der Waals surface area contributed by atoms with E-state index in [1.54, 1.807) is 23.1 Å². The number of thiophene rings is 1. The molecule has 1 aliphatic heterocycles. The number of hydrogen-bond donors (Lipinski definition) is 1. The molecule has 1 saturated heterocycles. The van der Waals surface area contributed by atoms with Crippen molar-refractivity contribution in [1.29, 1.82) is 0 Å². The number of pyridine rings is 1. The minimum absolute atomic E-state index is 0.0606. The molecule has 9 heteroatoms. The average molecular weight is 403 g/mol. The zero-order valence-electron chi connectivity index (χ0n) is 14.4. The van der Waals surface area contributed by atoms with Crippen molar-refractivity contribution in [3.05, 3.63) is 59.4 Å². The Hall–Kier alpha value is -2.52. The Balaban J connectivity index is 1.60. The summed E-state index contributed by atoms with van der Waals surface area (Å²) in [5.74, 6) is -0.0694. The number of aromatic nitrogens is 3. The molecule has 0 saturated carbocycles. The van der Waals surface area contributed by atoms with E-state index in [-0.39, 0.29) is 29.1 Å². The summed E-state index contributed by atoms with van der Waals surface area (Å²) >= 11 is 1.54. The van der Waals surface area contributed by atoms with Gasteiger partial charge in [0.05, 0.1) is 28.1 Å². The van der Waals surface area contributed by atoms with Crippen LogP contribution >= 0.6 is 11.3 Å². The number of hydrogen-bond acceptors (Lipinski definition) is 6. The van der Waals surface area contributed by atoms with Gasteiger partial charge >= 0.3 is 0 Å². The van der Waals surface area contributed by atoms with Gasteiger partial charge in [-0.2, -0.15) is 5.10 Å². The van der Waals surface area contributed by atoms with Crippen molar-refractivity contribution in [1.82, 2.24) is 20.1 Å². The lowest BCUT2D eigenvalue weighted by atomic mass is 10.2. The summed E-state index contributed by atoms with van der Waals surface area (Å²) in [6.45, 7) is 0.375. The zero-order valence-corrected chi connectivity index (χ0v) is 16.0. The van der Waals surface area contributed by atoms with Crippen molar-refractivity contribution >= 4 is 27.1 Å². The topological polar surface area (TPSA) is 94.0 Å². The third-order valence-corrected chi connectivity index (χ3v) is 7.14. The van der Waals surface area contributed by atoms with Gasteiger partial charge in [-0.1, -0.05) is 6.07 Å². The van der Waals surface area contributed by atoms with Gasteiger partial charge in [-0.15, -0.1) is 11.3 Å². The van der Waals surface area contributed by atoms with Gasteiger partial charge in [0, 0.05) is 18.9 Å². The molecule has 0 aliphatic carbocycles. The Kier molecular flexibility index (Phi) is 4.79. The lowest BCUT2D eigenvalue weighted by molar-refractivity contribution is 0.0945. The second-order valence-corrected chi connectivity index (χ2v) is 9.61. The summed E-state index contributed by atoms with van der Waals surface area (Å²) in [7, 11) is -3.05. The summed E-state index contributed by atoms with van der Waals surface area (Å²) in [5.41, 5.74) is 2.01. The predicted octanol–water partition coefficient (Wildman–Crippen LogP) is 2.30. The highest BCUT2D eigenvalue weighted by Crippen LogP contribution is 2.32. The van der Waals surface area contributed by atoms with E-state index < -0.39 is 9.84 Å². The first-order valence-corrected chi connectivity index (χ1v) is 11.2. The SMILES string of the molecule is O=C(NCc1ccncc1)c1cc(-c2cccs2)n([C@@H]2CCS(=O)(=O)C2)n1. The highest BCUT2D eigenvalue weighted by Gasteiger charge is 2.32. The highest BCUT2D eigenvalue weighted by molar-refractivity contribution is 7.91. The molecular formula is C18H18N4O3S2. The van der Waals surface area contributed by atoms with E-state index in [1.165, 1.54) is 11.3 Å². The molecule has 4 rings (SSSR count). The fraction of sp³-hybridized carbons (Fsp3) is 0.278. The van der Waals surface area contributed by atoms with Crippen LogP contribution in [0.15, 0.2) is 48.1 Å². The van der Waals surface area contributed by atoms with Crippen molar-refractivity contribution in [3.63, 3.8) is 0 Å². The number of amides is 1. The maximum atomic E-state index is 12.6. The van der Waals surface area contributed by atoms with E-state index in [1.807, 2.05) is 29.6 Å². The second kappa shape index (κ2) is 7.24. The van der Waals surface area contributed by atoms with E-state index in [0.717, 1.165) is 16.1 Å². The predicted molar refractivity (Wildman–Crippen MR) is 103 cm³/mol. The summed E-state index contributed by atoms with van der Waals surface area (Å²) < 4.78 is 25.5. The van der Waals surface area contributed by atoms with Crippen LogP contribution < -0.4 is 5.32 Å². The van der Waals surface area contributed by atoms with Crippen LogP contribution in [0.3, 0.4) is 0 Å². The van der Waals surface area contributed by atoms with Gasteiger partial charge in [0.2, 0.25) is 0 Å². The molecule has 0 spiro atoms. The van der Waals surface area contributed by atoms with Crippen LogP contribution in [0.4, 0.5) is 0 Å². The molecule has 1 N–H and O–H groups in total. The molecule has 3 aromatic rings. The van der Waals surface area contributed by atoms with Gasteiger partial charge in [0.1, 0.15) is 0 Å². The van der Waals surface area contributed by atoms with Crippen molar-refractivity contribution in [2.24, 2.45) is 0 Å². The van der Waals surface area contributed by atoms with Gasteiger partial charge in [-0.3, -0.25) is 14.5 Å². The Morgan fingerprint density at radius 2 is 2.11 bits per heavy atom. The quantitative estimate of drug-likeness (QED) is 0.707. The first kappa shape index (κ1) is 17.9. The monoisotopic (exact) mass is 402 g/mol. The number of nitrogens with zero attached hydrogens (tertiary/aromatic N) is 3.